The van der Waals surface area contributed by atoms with Gasteiger partial charge in [-0.05, 0) is 44.7 Å². The zero-order valence-electron chi connectivity index (χ0n) is 10.9. The smallest absolute Gasteiger partial charge is 0.0495 e. The average Bonchev–Trinajstić information content (AvgIpc) is 2.82. The van der Waals surface area contributed by atoms with Gasteiger partial charge in [-0.1, -0.05) is 29.8 Å². The second-order valence-corrected chi connectivity index (χ2v) is 5.11. The van der Waals surface area contributed by atoms with Crippen molar-refractivity contribution in [3.05, 3.63) is 35.4 Å². The van der Waals surface area contributed by atoms with E-state index in [9.17, 15) is 0 Å². The molecule has 1 heterocycles. The van der Waals surface area contributed by atoms with Gasteiger partial charge >= 0.3 is 0 Å². The Kier molecular flexibility index (Phi) is 4.57. The van der Waals surface area contributed by atoms with E-state index in [2.05, 4.69) is 43.4 Å². The van der Waals surface area contributed by atoms with Crippen LogP contribution in [0.3, 0.4) is 0 Å². The summed E-state index contributed by atoms with van der Waals surface area (Å²) in [5.74, 6) is 0.771. The van der Waals surface area contributed by atoms with Crippen LogP contribution in [0.25, 0.3) is 0 Å². The van der Waals surface area contributed by atoms with Gasteiger partial charge < -0.3 is 10.1 Å². The summed E-state index contributed by atoms with van der Waals surface area (Å²) in [6.45, 7) is 7.38. The Balaban J connectivity index is 1.74. The number of hydrogen-bond donors (Lipinski definition) is 1. The van der Waals surface area contributed by atoms with Crippen molar-refractivity contribution in [2.45, 2.75) is 32.7 Å². The van der Waals surface area contributed by atoms with E-state index in [1.165, 1.54) is 24.0 Å². The summed E-state index contributed by atoms with van der Waals surface area (Å²) < 4.78 is 5.39. The van der Waals surface area contributed by atoms with Gasteiger partial charge in [0.1, 0.15) is 0 Å². The third-order valence-electron chi connectivity index (χ3n) is 3.57. The molecule has 1 aromatic carbocycles. The van der Waals surface area contributed by atoms with Crippen molar-refractivity contribution >= 4 is 0 Å². The number of hydrogen-bond acceptors (Lipinski definition) is 2. The van der Waals surface area contributed by atoms with Crippen LogP contribution in [0.2, 0.25) is 0 Å². The van der Waals surface area contributed by atoms with Crippen LogP contribution in [0.5, 0.6) is 0 Å². The molecule has 2 unspecified atom stereocenters. The summed E-state index contributed by atoms with van der Waals surface area (Å²) in [5, 5.41) is 3.60. The molecule has 0 saturated carbocycles. The number of nitrogens with one attached hydrogen (secondary N) is 1. The SMILES string of the molecule is Cc1cccc(C(C)NCCC2CCOC2)c1. The van der Waals surface area contributed by atoms with E-state index >= 15 is 0 Å². The van der Waals surface area contributed by atoms with Crippen molar-refractivity contribution < 1.29 is 4.74 Å². The molecule has 1 aliphatic rings. The Bertz CT molecular complexity index is 345. The normalized spacial score (nSPS) is 21.6. The maximum Gasteiger partial charge on any atom is 0.0495 e. The van der Waals surface area contributed by atoms with E-state index in [-0.39, 0.29) is 0 Å². The summed E-state index contributed by atoms with van der Waals surface area (Å²) in [7, 11) is 0. The number of benzene rings is 1. The van der Waals surface area contributed by atoms with E-state index in [1.807, 2.05) is 0 Å². The molecule has 1 fully saturated rings. The lowest BCUT2D eigenvalue weighted by molar-refractivity contribution is 0.184. The minimum atomic E-state index is 0.442. The van der Waals surface area contributed by atoms with Crippen LogP contribution in [0, 0.1) is 12.8 Å². The van der Waals surface area contributed by atoms with Crippen LogP contribution in [0.4, 0.5) is 0 Å². The molecule has 0 aliphatic carbocycles. The van der Waals surface area contributed by atoms with Crippen molar-refractivity contribution in [2.24, 2.45) is 5.92 Å². The Morgan fingerprint density at radius 3 is 3.06 bits per heavy atom. The van der Waals surface area contributed by atoms with Gasteiger partial charge in [-0.25, -0.2) is 0 Å². The van der Waals surface area contributed by atoms with Crippen molar-refractivity contribution in [1.82, 2.24) is 5.32 Å². The Morgan fingerprint density at radius 2 is 2.35 bits per heavy atom. The van der Waals surface area contributed by atoms with Crippen molar-refractivity contribution in [2.75, 3.05) is 19.8 Å². The topological polar surface area (TPSA) is 21.3 Å². The first-order chi connectivity index (χ1) is 8.25. The van der Waals surface area contributed by atoms with Crippen molar-refractivity contribution in [1.29, 1.82) is 0 Å². The molecule has 2 rings (SSSR count). The van der Waals surface area contributed by atoms with Crippen LogP contribution >= 0.6 is 0 Å². The molecule has 0 amide bonds. The molecular formula is C15H23NO. The van der Waals surface area contributed by atoms with Gasteiger partial charge in [-0.2, -0.15) is 0 Å². The highest BCUT2D eigenvalue weighted by atomic mass is 16.5. The monoisotopic (exact) mass is 233 g/mol. The van der Waals surface area contributed by atoms with Crippen LogP contribution in [0.15, 0.2) is 24.3 Å². The molecule has 1 aliphatic heterocycles. The molecule has 94 valence electrons. The minimum absolute atomic E-state index is 0.442. The summed E-state index contributed by atoms with van der Waals surface area (Å²) in [4.78, 5) is 0. The Labute approximate surface area is 104 Å². The van der Waals surface area contributed by atoms with Gasteiger partial charge in [0.25, 0.3) is 0 Å². The molecule has 17 heavy (non-hydrogen) atoms. The summed E-state index contributed by atoms with van der Waals surface area (Å²) in [6.07, 6.45) is 2.47. The predicted octanol–water partition coefficient (Wildman–Crippen LogP) is 3.07. The Morgan fingerprint density at radius 1 is 1.47 bits per heavy atom. The molecule has 1 aromatic rings. The first-order valence-corrected chi connectivity index (χ1v) is 6.63. The van der Waals surface area contributed by atoms with Crippen LogP contribution in [-0.4, -0.2) is 19.8 Å². The first kappa shape index (κ1) is 12.6. The molecule has 2 heteroatoms. The van der Waals surface area contributed by atoms with E-state index in [4.69, 9.17) is 4.74 Å². The predicted molar refractivity (Wildman–Crippen MR) is 71.1 cm³/mol. The van der Waals surface area contributed by atoms with Crippen LogP contribution in [-0.2, 0) is 4.74 Å². The largest absolute Gasteiger partial charge is 0.381 e. The zero-order valence-corrected chi connectivity index (χ0v) is 10.9. The van der Waals surface area contributed by atoms with Crippen LogP contribution < -0.4 is 5.32 Å². The number of aryl methyl sites for hydroxylation is 1. The van der Waals surface area contributed by atoms with Gasteiger partial charge in [-0.15, -0.1) is 0 Å². The fourth-order valence-corrected chi connectivity index (χ4v) is 2.37. The standard InChI is InChI=1S/C15H23NO/c1-12-4-3-5-15(10-12)13(2)16-8-6-14-7-9-17-11-14/h3-5,10,13-14,16H,6-9,11H2,1-2H3. The molecule has 0 radical (unpaired) electrons. The van der Waals surface area contributed by atoms with E-state index in [0.717, 1.165) is 25.7 Å². The Hall–Kier alpha value is -0.860. The summed E-state index contributed by atoms with van der Waals surface area (Å²) in [6, 6.07) is 9.18. The lowest BCUT2D eigenvalue weighted by Gasteiger charge is -2.16. The van der Waals surface area contributed by atoms with Crippen LogP contribution in [0.1, 0.15) is 36.9 Å². The third-order valence-corrected chi connectivity index (χ3v) is 3.57. The molecule has 0 spiro atoms. The highest BCUT2D eigenvalue weighted by Crippen LogP contribution is 2.17. The second-order valence-electron chi connectivity index (χ2n) is 5.11. The average molecular weight is 233 g/mol. The molecule has 0 bridgehead atoms. The summed E-state index contributed by atoms with van der Waals surface area (Å²) in [5.41, 5.74) is 2.72. The lowest BCUT2D eigenvalue weighted by atomic mass is 10.0. The maximum absolute atomic E-state index is 5.39. The highest BCUT2D eigenvalue weighted by Gasteiger charge is 2.15. The number of ether oxygens (including phenoxy) is 1. The molecule has 2 nitrogen and oxygen atoms in total. The lowest BCUT2D eigenvalue weighted by Crippen LogP contribution is -2.22. The van der Waals surface area contributed by atoms with Gasteiger partial charge in [0.2, 0.25) is 0 Å². The number of rotatable bonds is 5. The zero-order chi connectivity index (χ0) is 12.1. The third kappa shape index (κ3) is 3.83. The molecule has 1 saturated heterocycles. The van der Waals surface area contributed by atoms with E-state index in [0.29, 0.717) is 6.04 Å². The second kappa shape index (κ2) is 6.18. The fraction of sp³-hybridized carbons (Fsp3) is 0.600. The first-order valence-electron chi connectivity index (χ1n) is 6.63. The van der Waals surface area contributed by atoms with Gasteiger partial charge in [0.15, 0.2) is 0 Å². The van der Waals surface area contributed by atoms with E-state index < -0.39 is 0 Å². The molecular weight excluding hydrogens is 210 g/mol. The maximum atomic E-state index is 5.39. The molecule has 0 aromatic heterocycles. The van der Waals surface area contributed by atoms with Gasteiger partial charge in [-0.3, -0.25) is 0 Å². The quantitative estimate of drug-likeness (QED) is 0.844. The highest BCUT2D eigenvalue weighted by molar-refractivity contribution is 5.24. The minimum Gasteiger partial charge on any atom is -0.381 e. The molecule has 2 atom stereocenters. The van der Waals surface area contributed by atoms with Crippen molar-refractivity contribution in [3.8, 4) is 0 Å². The van der Waals surface area contributed by atoms with E-state index in [1.54, 1.807) is 0 Å². The van der Waals surface area contributed by atoms with Gasteiger partial charge in [0, 0.05) is 19.3 Å². The summed E-state index contributed by atoms with van der Waals surface area (Å²) >= 11 is 0. The fourth-order valence-electron chi connectivity index (χ4n) is 2.37. The van der Waals surface area contributed by atoms with Crippen molar-refractivity contribution in [3.63, 3.8) is 0 Å². The van der Waals surface area contributed by atoms with Gasteiger partial charge in [0.05, 0.1) is 0 Å². The molecule has 1 N–H and O–H groups in total.